The van der Waals surface area contributed by atoms with Crippen molar-refractivity contribution in [3.8, 4) is 5.69 Å². The van der Waals surface area contributed by atoms with Crippen molar-refractivity contribution in [2.45, 2.75) is 0 Å². The molecule has 0 fully saturated rings. The molecule has 6 heteroatoms. The van der Waals surface area contributed by atoms with Crippen molar-refractivity contribution in [3.63, 3.8) is 0 Å². The SMILES string of the molecule is Nc1cc(-n2nc3ccccc3c2Cl)c(Cl)cc1Cl. The zero-order chi connectivity index (χ0) is 13.6. The Labute approximate surface area is 124 Å². The molecule has 3 nitrogen and oxygen atoms in total. The smallest absolute Gasteiger partial charge is 0.140 e. The zero-order valence-electron chi connectivity index (χ0n) is 9.57. The molecule has 2 N–H and O–H groups in total. The van der Waals surface area contributed by atoms with E-state index in [0.29, 0.717) is 26.6 Å². The minimum atomic E-state index is 0.404. The summed E-state index contributed by atoms with van der Waals surface area (Å²) in [7, 11) is 0. The van der Waals surface area contributed by atoms with Crippen LogP contribution in [0.2, 0.25) is 15.2 Å². The van der Waals surface area contributed by atoms with Gasteiger partial charge in [-0.15, -0.1) is 0 Å². The molecule has 0 aliphatic rings. The molecule has 0 aliphatic carbocycles. The summed E-state index contributed by atoms with van der Waals surface area (Å²) >= 11 is 18.4. The lowest BCUT2D eigenvalue weighted by molar-refractivity contribution is 0.898. The molecule has 3 aromatic rings. The Bertz CT molecular complexity index is 780. The van der Waals surface area contributed by atoms with Crippen molar-refractivity contribution < 1.29 is 0 Å². The van der Waals surface area contributed by atoms with E-state index in [1.54, 1.807) is 16.8 Å². The zero-order valence-corrected chi connectivity index (χ0v) is 11.8. The largest absolute Gasteiger partial charge is 0.397 e. The van der Waals surface area contributed by atoms with Crippen molar-refractivity contribution in [2.75, 3.05) is 5.73 Å². The molecule has 0 saturated heterocycles. The lowest BCUT2D eigenvalue weighted by Crippen LogP contribution is -1.99. The quantitative estimate of drug-likeness (QED) is 0.669. The number of hydrogen-bond donors (Lipinski definition) is 1. The summed E-state index contributed by atoms with van der Waals surface area (Å²) in [6.45, 7) is 0. The first-order valence-electron chi connectivity index (χ1n) is 5.46. The van der Waals surface area contributed by atoms with Gasteiger partial charge < -0.3 is 5.73 Å². The van der Waals surface area contributed by atoms with Crippen LogP contribution in [-0.2, 0) is 0 Å². The van der Waals surface area contributed by atoms with Gasteiger partial charge in [0.15, 0.2) is 0 Å². The van der Waals surface area contributed by atoms with E-state index in [0.717, 1.165) is 10.9 Å². The summed E-state index contributed by atoms with van der Waals surface area (Å²) in [4.78, 5) is 0. The summed E-state index contributed by atoms with van der Waals surface area (Å²) in [6.07, 6.45) is 0. The van der Waals surface area contributed by atoms with E-state index in [2.05, 4.69) is 5.10 Å². The number of hydrogen-bond acceptors (Lipinski definition) is 2. The van der Waals surface area contributed by atoms with Gasteiger partial charge >= 0.3 is 0 Å². The Balaban J connectivity index is 2.30. The maximum atomic E-state index is 6.32. The molecule has 1 heterocycles. The van der Waals surface area contributed by atoms with Crippen LogP contribution in [0, 0.1) is 0 Å². The standard InChI is InChI=1S/C13H8Cl3N3/c14-8-5-9(15)12(6-10(8)17)19-13(16)7-3-1-2-4-11(7)18-19/h1-6H,17H2. The fourth-order valence-corrected chi connectivity index (χ4v) is 2.63. The number of nitrogens with zero attached hydrogens (tertiary/aromatic N) is 2. The van der Waals surface area contributed by atoms with Crippen molar-refractivity contribution in [2.24, 2.45) is 0 Å². The van der Waals surface area contributed by atoms with Crippen LogP contribution in [0.5, 0.6) is 0 Å². The summed E-state index contributed by atoms with van der Waals surface area (Å²) < 4.78 is 1.56. The third-order valence-electron chi connectivity index (χ3n) is 2.81. The van der Waals surface area contributed by atoms with Gasteiger partial charge in [0.2, 0.25) is 0 Å². The minimum Gasteiger partial charge on any atom is -0.397 e. The van der Waals surface area contributed by atoms with Gasteiger partial charge in [-0.25, -0.2) is 4.68 Å². The maximum absolute atomic E-state index is 6.32. The van der Waals surface area contributed by atoms with Gasteiger partial charge in [0, 0.05) is 5.39 Å². The molecule has 3 rings (SSSR count). The molecular weight excluding hydrogens is 305 g/mol. The molecule has 0 bridgehead atoms. The first-order chi connectivity index (χ1) is 9.08. The average molecular weight is 313 g/mol. The summed E-state index contributed by atoms with van der Waals surface area (Å²) in [5, 5.41) is 6.60. The predicted molar refractivity (Wildman–Crippen MR) is 80.5 cm³/mol. The van der Waals surface area contributed by atoms with Gasteiger partial charge in [0.1, 0.15) is 5.15 Å². The molecule has 2 aromatic carbocycles. The first kappa shape index (κ1) is 12.6. The van der Waals surface area contributed by atoms with Crippen LogP contribution in [0.3, 0.4) is 0 Å². The highest BCUT2D eigenvalue weighted by molar-refractivity contribution is 6.38. The number of halogens is 3. The second-order valence-electron chi connectivity index (χ2n) is 4.04. The van der Waals surface area contributed by atoms with Crippen LogP contribution in [-0.4, -0.2) is 9.78 Å². The number of aromatic nitrogens is 2. The van der Waals surface area contributed by atoms with Crippen LogP contribution in [0.15, 0.2) is 36.4 Å². The van der Waals surface area contributed by atoms with Crippen LogP contribution >= 0.6 is 34.8 Å². The number of nitrogen functional groups attached to an aromatic ring is 1. The van der Waals surface area contributed by atoms with Gasteiger partial charge in [-0.05, 0) is 24.3 Å². The Morgan fingerprint density at radius 2 is 1.74 bits per heavy atom. The molecule has 0 amide bonds. The monoisotopic (exact) mass is 311 g/mol. The Morgan fingerprint density at radius 1 is 1.00 bits per heavy atom. The second-order valence-corrected chi connectivity index (χ2v) is 5.22. The van der Waals surface area contributed by atoms with E-state index in [9.17, 15) is 0 Å². The molecule has 0 unspecified atom stereocenters. The molecule has 1 aromatic heterocycles. The Hall–Kier alpha value is -1.42. The number of fused-ring (bicyclic) bond motifs is 1. The van der Waals surface area contributed by atoms with E-state index in [-0.39, 0.29) is 0 Å². The van der Waals surface area contributed by atoms with Crippen molar-refractivity contribution in [1.29, 1.82) is 0 Å². The third-order valence-corrected chi connectivity index (χ3v) is 3.81. The van der Waals surface area contributed by atoms with Crippen LogP contribution < -0.4 is 5.73 Å². The highest BCUT2D eigenvalue weighted by Crippen LogP contribution is 2.33. The average Bonchev–Trinajstić information content (AvgIpc) is 2.72. The lowest BCUT2D eigenvalue weighted by Gasteiger charge is -2.08. The van der Waals surface area contributed by atoms with E-state index in [1.165, 1.54) is 0 Å². The van der Waals surface area contributed by atoms with Gasteiger partial charge in [-0.2, -0.15) is 5.10 Å². The highest BCUT2D eigenvalue weighted by Gasteiger charge is 2.14. The molecular formula is C13H8Cl3N3. The van der Waals surface area contributed by atoms with Crippen molar-refractivity contribution in [1.82, 2.24) is 9.78 Å². The topological polar surface area (TPSA) is 43.8 Å². The van der Waals surface area contributed by atoms with Crippen LogP contribution in [0.1, 0.15) is 0 Å². The molecule has 0 spiro atoms. The number of rotatable bonds is 1. The fourth-order valence-electron chi connectivity index (χ4n) is 1.88. The molecule has 96 valence electrons. The van der Waals surface area contributed by atoms with E-state index >= 15 is 0 Å². The van der Waals surface area contributed by atoms with Gasteiger partial charge in [-0.1, -0.05) is 46.9 Å². The lowest BCUT2D eigenvalue weighted by atomic mass is 10.2. The normalized spacial score (nSPS) is 11.1. The van der Waals surface area contributed by atoms with E-state index in [4.69, 9.17) is 40.5 Å². The highest BCUT2D eigenvalue weighted by atomic mass is 35.5. The molecule has 0 atom stereocenters. The van der Waals surface area contributed by atoms with Gasteiger partial charge in [-0.3, -0.25) is 0 Å². The van der Waals surface area contributed by atoms with Gasteiger partial charge in [0.25, 0.3) is 0 Å². The molecule has 19 heavy (non-hydrogen) atoms. The number of benzene rings is 2. The second kappa shape index (κ2) is 4.60. The Morgan fingerprint density at radius 3 is 2.47 bits per heavy atom. The third kappa shape index (κ3) is 2.04. The fraction of sp³-hybridized carbons (Fsp3) is 0. The maximum Gasteiger partial charge on any atom is 0.140 e. The van der Waals surface area contributed by atoms with E-state index < -0.39 is 0 Å². The molecule has 0 saturated carbocycles. The molecule has 0 aliphatic heterocycles. The van der Waals surface area contributed by atoms with Gasteiger partial charge in [0.05, 0.1) is 26.9 Å². The summed E-state index contributed by atoms with van der Waals surface area (Å²) in [5.74, 6) is 0. The van der Waals surface area contributed by atoms with E-state index in [1.807, 2.05) is 24.3 Å². The van der Waals surface area contributed by atoms with Crippen LogP contribution in [0.25, 0.3) is 16.6 Å². The summed E-state index contributed by atoms with van der Waals surface area (Å²) in [6, 6.07) is 10.8. The van der Waals surface area contributed by atoms with Crippen molar-refractivity contribution in [3.05, 3.63) is 51.6 Å². The van der Waals surface area contributed by atoms with Crippen LogP contribution in [0.4, 0.5) is 5.69 Å². The number of anilines is 1. The van der Waals surface area contributed by atoms with Crippen molar-refractivity contribution >= 4 is 51.4 Å². The summed E-state index contributed by atoms with van der Waals surface area (Å²) in [5.41, 5.74) is 7.61. The Kier molecular flexibility index (Phi) is 3.05. The first-order valence-corrected chi connectivity index (χ1v) is 6.59. The predicted octanol–water partition coefficient (Wildman–Crippen LogP) is 4.57. The minimum absolute atomic E-state index is 0.404. The molecule has 0 radical (unpaired) electrons. The number of nitrogens with two attached hydrogens (primary N) is 1.